The third kappa shape index (κ3) is 3.63. The minimum absolute atomic E-state index is 0.0883. The summed E-state index contributed by atoms with van der Waals surface area (Å²) in [5, 5.41) is 19.4. The molecule has 0 bridgehead atoms. The van der Waals surface area contributed by atoms with E-state index in [4.69, 9.17) is 5.11 Å². The van der Waals surface area contributed by atoms with E-state index in [2.05, 4.69) is 0 Å². The summed E-state index contributed by atoms with van der Waals surface area (Å²) in [6.45, 7) is 0. The Morgan fingerprint density at radius 3 is 2.32 bits per heavy atom. The van der Waals surface area contributed by atoms with Crippen molar-refractivity contribution in [3.05, 3.63) is 81.4 Å². The van der Waals surface area contributed by atoms with Crippen molar-refractivity contribution in [2.24, 2.45) is 0 Å². The Labute approximate surface area is 125 Å². The lowest BCUT2D eigenvalue weighted by Crippen LogP contribution is -1.96. The zero-order valence-electron chi connectivity index (χ0n) is 11.3. The van der Waals surface area contributed by atoms with Crippen LogP contribution in [0.4, 0.5) is 5.69 Å². The number of carboxylic acid groups (broad SMARTS) is 1. The van der Waals surface area contributed by atoms with Crippen molar-refractivity contribution in [3.63, 3.8) is 0 Å². The van der Waals surface area contributed by atoms with Gasteiger partial charge in [-0.1, -0.05) is 18.2 Å². The van der Waals surface area contributed by atoms with Crippen LogP contribution in [0.5, 0.6) is 0 Å². The Morgan fingerprint density at radius 2 is 1.73 bits per heavy atom. The maximum atomic E-state index is 11.9. The van der Waals surface area contributed by atoms with E-state index in [1.807, 2.05) is 0 Å². The van der Waals surface area contributed by atoms with Gasteiger partial charge in [-0.05, 0) is 35.9 Å². The SMILES string of the molecule is O=C(O)c1cccc(/C=C/C(=O)c2ccc([N+](=O)[O-])cc2)c1. The average molecular weight is 297 g/mol. The summed E-state index contributed by atoms with van der Waals surface area (Å²) in [5.74, 6) is -1.37. The van der Waals surface area contributed by atoms with E-state index in [1.54, 1.807) is 12.1 Å². The Kier molecular flexibility index (Phi) is 4.43. The zero-order valence-corrected chi connectivity index (χ0v) is 11.3. The molecule has 0 saturated heterocycles. The van der Waals surface area contributed by atoms with E-state index in [1.165, 1.54) is 48.6 Å². The van der Waals surface area contributed by atoms with Gasteiger partial charge < -0.3 is 5.11 Å². The smallest absolute Gasteiger partial charge is 0.335 e. The van der Waals surface area contributed by atoms with Gasteiger partial charge in [0.15, 0.2) is 5.78 Å². The summed E-state index contributed by atoms with van der Waals surface area (Å²) in [6.07, 6.45) is 2.79. The molecule has 0 aliphatic carbocycles. The van der Waals surface area contributed by atoms with Crippen LogP contribution >= 0.6 is 0 Å². The highest BCUT2D eigenvalue weighted by atomic mass is 16.6. The molecular weight excluding hydrogens is 286 g/mol. The molecule has 2 aromatic carbocycles. The summed E-state index contributed by atoms with van der Waals surface area (Å²) in [7, 11) is 0. The lowest BCUT2D eigenvalue weighted by atomic mass is 10.1. The number of nitrogens with zero attached hydrogens (tertiary/aromatic N) is 1. The number of nitro groups is 1. The van der Waals surface area contributed by atoms with E-state index < -0.39 is 10.9 Å². The highest BCUT2D eigenvalue weighted by Gasteiger charge is 2.07. The summed E-state index contributed by atoms with van der Waals surface area (Å²) >= 11 is 0. The molecule has 0 aliphatic heterocycles. The number of carboxylic acids is 1. The van der Waals surface area contributed by atoms with Crippen molar-refractivity contribution in [2.75, 3.05) is 0 Å². The topological polar surface area (TPSA) is 97.5 Å². The van der Waals surface area contributed by atoms with Crippen LogP contribution in [0, 0.1) is 10.1 Å². The molecule has 0 heterocycles. The molecule has 2 aromatic rings. The van der Waals surface area contributed by atoms with E-state index in [0.29, 0.717) is 11.1 Å². The van der Waals surface area contributed by atoms with Crippen LogP contribution in [0.1, 0.15) is 26.3 Å². The van der Waals surface area contributed by atoms with Gasteiger partial charge in [-0.3, -0.25) is 14.9 Å². The minimum Gasteiger partial charge on any atom is -0.478 e. The Balaban J connectivity index is 2.15. The van der Waals surface area contributed by atoms with Crippen molar-refractivity contribution in [2.45, 2.75) is 0 Å². The van der Waals surface area contributed by atoms with Gasteiger partial charge in [-0.25, -0.2) is 4.79 Å². The first-order chi connectivity index (χ1) is 10.5. The average Bonchev–Trinajstić information content (AvgIpc) is 2.53. The molecule has 0 unspecified atom stereocenters. The lowest BCUT2D eigenvalue weighted by Gasteiger charge is -1.98. The lowest BCUT2D eigenvalue weighted by molar-refractivity contribution is -0.384. The number of ketones is 1. The molecule has 2 rings (SSSR count). The summed E-state index contributed by atoms with van der Waals surface area (Å²) in [6, 6.07) is 11.4. The van der Waals surface area contributed by atoms with Gasteiger partial charge >= 0.3 is 5.97 Å². The number of hydrogen-bond donors (Lipinski definition) is 1. The van der Waals surface area contributed by atoms with Gasteiger partial charge in [0.1, 0.15) is 0 Å². The van der Waals surface area contributed by atoms with Crippen LogP contribution in [0.15, 0.2) is 54.6 Å². The highest BCUT2D eigenvalue weighted by molar-refractivity contribution is 6.07. The molecule has 0 amide bonds. The van der Waals surface area contributed by atoms with Crippen molar-refractivity contribution in [1.82, 2.24) is 0 Å². The number of benzene rings is 2. The third-order valence-corrected chi connectivity index (χ3v) is 2.92. The molecule has 0 aliphatic rings. The summed E-state index contributed by atoms with van der Waals surface area (Å²) < 4.78 is 0. The fraction of sp³-hybridized carbons (Fsp3) is 0. The Bertz CT molecular complexity index is 762. The number of nitro benzene ring substituents is 1. The first kappa shape index (κ1) is 15.1. The molecule has 0 radical (unpaired) electrons. The van der Waals surface area contributed by atoms with Crippen LogP contribution in [0.25, 0.3) is 6.08 Å². The molecule has 6 heteroatoms. The molecule has 0 aromatic heterocycles. The van der Waals surface area contributed by atoms with Gasteiger partial charge in [0, 0.05) is 17.7 Å². The normalized spacial score (nSPS) is 10.5. The molecule has 110 valence electrons. The van der Waals surface area contributed by atoms with Gasteiger partial charge in [-0.2, -0.15) is 0 Å². The van der Waals surface area contributed by atoms with Gasteiger partial charge in [0.2, 0.25) is 0 Å². The molecular formula is C16H11NO5. The molecule has 6 nitrogen and oxygen atoms in total. The number of allylic oxidation sites excluding steroid dienone is 1. The van der Waals surface area contributed by atoms with Crippen molar-refractivity contribution in [1.29, 1.82) is 0 Å². The number of rotatable bonds is 5. The summed E-state index contributed by atoms with van der Waals surface area (Å²) in [5.41, 5.74) is 0.936. The van der Waals surface area contributed by atoms with Crippen molar-refractivity contribution < 1.29 is 19.6 Å². The maximum Gasteiger partial charge on any atom is 0.335 e. The zero-order chi connectivity index (χ0) is 16.1. The first-order valence-electron chi connectivity index (χ1n) is 6.27. The fourth-order valence-corrected chi connectivity index (χ4v) is 1.79. The number of hydrogen-bond acceptors (Lipinski definition) is 4. The second kappa shape index (κ2) is 6.45. The molecule has 1 N–H and O–H groups in total. The predicted molar refractivity (Wildman–Crippen MR) is 79.9 cm³/mol. The van der Waals surface area contributed by atoms with Crippen LogP contribution in [0.2, 0.25) is 0 Å². The Hall–Kier alpha value is -3.28. The number of non-ortho nitro benzene ring substituents is 1. The predicted octanol–water partition coefficient (Wildman–Crippen LogP) is 3.19. The van der Waals surface area contributed by atoms with E-state index >= 15 is 0 Å². The van der Waals surface area contributed by atoms with Crippen LogP contribution < -0.4 is 0 Å². The minimum atomic E-state index is -1.04. The van der Waals surface area contributed by atoms with Crippen molar-refractivity contribution >= 4 is 23.5 Å². The second-order valence-electron chi connectivity index (χ2n) is 4.43. The maximum absolute atomic E-state index is 11.9. The quantitative estimate of drug-likeness (QED) is 0.395. The monoisotopic (exact) mass is 297 g/mol. The molecule has 0 fully saturated rings. The first-order valence-corrected chi connectivity index (χ1v) is 6.27. The molecule has 0 atom stereocenters. The van der Waals surface area contributed by atoms with Crippen molar-refractivity contribution in [3.8, 4) is 0 Å². The van der Waals surface area contributed by atoms with Crippen LogP contribution in [0.3, 0.4) is 0 Å². The van der Waals surface area contributed by atoms with E-state index in [9.17, 15) is 19.7 Å². The second-order valence-corrected chi connectivity index (χ2v) is 4.43. The van der Waals surface area contributed by atoms with Crippen LogP contribution in [-0.2, 0) is 0 Å². The number of carbonyl (C=O) groups is 2. The number of aromatic carboxylic acids is 1. The third-order valence-electron chi connectivity index (χ3n) is 2.92. The van der Waals surface area contributed by atoms with Gasteiger partial charge in [-0.15, -0.1) is 0 Å². The van der Waals surface area contributed by atoms with Gasteiger partial charge in [0.25, 0.3) is 5.69 Å². The highest BCUT2D eigenvalue weighted by Crippen LogP contribution is 2.13. The molecule has 22 heavy (non-hydrogen) atoms. The standard InChI is InChI=1S/C16H11NO5/c18-15(12-5-7-14(8-6-12)17(21)22)9-4-11-2-1-3-13(10-11)16(19)20/h1-10H,(H,19,20)/b9-4+. The van der Waals surface area contributed by atoms with E-state index in [-0.39, 0.29) is 17.0 Å². The summed E-state index contributed by atoms with van der Waals surface area (Å²) in [4.78, 5) is 32.8. The van der Waals surface area contributed by atoms with E-state index in [0.717, 1.165) is 0 Å². The molecule has 0 spiro atoms. The largest absolute Gasteiger partial charge is 0.478 e. The number of carbonyl (C=O) groups excluding carboxylic acids is 1. The van der Waals surface area contributed by atoms with Crippen LogP contribution in [-0.4, -0.2) is 21.8 Å². The Morgan fingerprint density at radius 1 is 1.05 bits per heavy atom. The molecule has 0 saturated carbocycles. The van der Waals surface area contributed by atoms with Gasteiger partial charge in [0.05, 0.1) is 10.5 Å². The fourth-order valence-electron chi connectivity index (χ4n) is 1.79.